The summed E-state index contributed by atoms with van der Waals surface area (Å²) in [5, 5.41) is 3.46. The van der Waals surface area contributed by atoms with Crippen LogP contribution in [0.25, 0.3) is 0 Å². The van der Waals surface area contributed by atoms with E-state index in [1.807, 2.05) is 11.8 Å². The van der Waals surface area contributed by atoms with Crippen molar-refractivity contribution in [2.24, 2.45) is 0 Å². The average molecular weight is 317 g/mol. The quantitative estimate of drug-likeness (QED) is 0.926. The first-order chi connectivity index (χ1) is 11.3. The van der Waals surface area contributed by atoms with Crippen molar-refractivity contribution in [3.05, 3.63) is 29.3 Å². The first kappa shape index (κ1) is 16.1. The molecule has 1 aromatic rings. The average Bonchev–Trinajstić information content (AvgIpc) is 2.60. The topological polar surface area (TPSA) is 44.8 Å². The molecule has 0 unspecified atom stereocenters. The molecular weight excluding hydrogens is 290 g/mol. The number of ether oxygens (including phenoxy) is 1. The minimum absolute atomic E-state index is 0.172. The highest BCUT2D eigenvalue weighted by molar-refractivity contribution is 5.67. The van der Waals surface area contributed by atoms with Gasteiger partial charge in [-0.15, -0.1) is 0 Å². The lowest BCUT2D eigenvalue weighted by Gasteiger charge is -2.34. The van der Waals surface area contributed by atoms with E-state index in [1.54, 1.807) is 0 Å². The molecule has 0 spiro atoms. The summed E-state index contributed by atoms with van der Waals surface area (Å²) in [4.78, 5) is 15.9. The van der Waals surface area contributed by atoms with Crippen molar-refractivity contribution in [1.29, 1.82) is 0 Å². The van der Waals surface area contributed by atoms with Crippen LogP contribution in [0.4, 0.5) is 10.5 Å². The number of fused-ring (bicyclic) bond motifs is 1. The fourth-order valence-electron chi connectivity index (χ4n) is 3.34. The molecule has 0 radical (unpaired) electrons. The second kappa shape index (κ2) is 7.68. The Morgan fingerprint density at radius 1 is 1.26 bits per heavy atom. The van der Waals surface area contributed by atoms with Crippen LogP contribution in [-0.4, -0.2) is 61.8 Å². The Morgan fingerprint density at radius 2 is 2.09 bits per heavy atom. The Bertz CT molecular complexity index is 539. The Morgan fingerprint density at radius 3 is 2.87 bits per heavy atom. The van der Waals surface area contributed by atoms with Gasteiger partial charge >= 0.3 is 6.09 Å². The van der Waals surface area contributed by atoms with Gasteiger partial charge in [0.2, 0.25) is 0 Å². The number of benzene rings is 1. The summed E-state index contributed by atoms with van der Waals surface area (Å²) in [6.07, 6.45) is 3.32. The summed E-state index contributed by atoms with van der Waals surface area (Å²) in [5.74, 6) is 0. The molecule has 1 fully saturated rings. The van der Waals surface area contributed by atoms with Crippen molar-refractivity contribution in [3.63, 3.8) is 0 Å². The number of aryl methyl sites for hydroxylation is 1. The predicted octanol–water partition coefficient (Wildman–Crippen LogP) is 2.36. The number of nitrogens with zero attached hydrogens (tertiary/aromatic N) is 2. The normalized spacial score (nSPS) is 18.2. The SMILES string of the molecule is CCOC(=O)N1CCN(CCc2ccc3c(c2)CCCN3)CC1. The standard InChI is InChI=1S/C18H27N3O2/c1-2-23-18(22)21-12-10-20(11-13-21)9-7-15-5-6-17-16(14-15)4-3-8-19-17/h5-6,14,19H,2-4,7-13H2,1H3. The van der Waals surface area contributed by atoms with Gasteiger partial charge in [-0.1, -0.05) is 12.1 Å². The second-order valence-corrected chi connectivity index (χ2v) is 6.30. The lowest BCUT2D eigenvalue weighted by atomic mass is 9.99. The second-order valence-electron chi connectivity index (χ2n) is 6.30. The van der Waals surface area contributed by atoms with E-state index in [9.17, 15) is 4.79 Å². The third-order valence-corrected chi connectivity index (χ3v) is 4.72. The van der Waals surface area contributed by atoms with Crippen LogP contribution in [0.2, 0.25) is 0 Å². The number of hydrogen-bond donors (Lipinski definition) is 1. The lowest BCUT2D eigenvalue weighted by Crippen LogP contribution is -2.49. The molecular formula is C18H27N3O2. The highest BCUT2D eigenvalue weighted by Gasteiger charge is 2.21. The first-order valence-electron chi connectivity index (χ1n) is 8.76. The van der Waals surface area contributed by atoms with E-state index in [1.165, 1.54) is 29.7 Å². The van der Waals surface area contributed by atoms with Crippen LogP contribution in [0, 0.1) is 0 Å². The van der Waals surface area contributed by atoms with Gasteiger partial charge in [0.25, 0.3) is 0 Å². The van der Waals surface area contributed by atoms with Crippen LogP contribution in [-0.2, 0) is 17.6 Å². The van der Waals surface area contributed by atoms with Crippen molar-refractivity contribution in [1.82, 2.24) is 9.80 Å². The number of amides is 1. The molecule has 0 bridgehead atoms. The Balaban J connectivity index is 1.45. The summed E-state index contributed by atoms with van der Waals surface area (Å²) < 4.78 is 5.06. The van der Waals surface area contributed by atoms with E-state index in [-0.39, 0.29) is 6.09 Å². The number of hydrogen-bond acceptors (Lipinski definition) is 4. The van der Waals surface area contributed by atoms with Crippen LogP contribution in [0.3, 0.4) is 0 Å². The van der Waals surface area contributed by atoms with Gasteiger partial charge in [-0.25, -0.2) is 4.79 Å². The zero-order chi connectivity index (χ0) is 16.1. The molecule has 0 aliphatic carbocycles. The molecule has 2 aliphatic rings. The molecule has 5 heteroatoms. The molecule has 5 nitrogen and oxygen atoms in total. The molecule has 1 N–H and O–H groups in total. The number of nitrogens with one attached hydrogen (secondary N) is 1. The van der Waals surface area contributed by atoms with Crippen LogP contribution < -0.4 is 5.32 Å². The number of piperazine rings is 1. The minimum Gasteiger partial charge on any atom is -0.450 e. The number of carbonyl (C=O) groups is 1. The van der Waals surface area contributed by atoms with Crippen LogP contribution in [0.5, 0.6) is 0 Å². The maximum absolute atomic E-state index is 11.7. The van der Waals surface area contributed by atoms with E-state index >= 15 is 0 Å². The Labute approximate surface area is 138 Å². The highest BCUT2D eigenvalue weighted by Crippen LogP contribution is 2.23. The Hall–Kier alpha value is -1.75. The third-order valence-electron chi connectivity index (χ3n) is 4.72. The van der Waals surface area contributed by atoms with E-state index in [4.69, 9.17) is 4.74 Å². The zero-order valence-electron chi connectivity index (χ0n) is 14.0. The van der Waals surface area contributed by atoms with Crippen LogP contribution >= 0.6 is 0 Å². The molecule has 1 amide bonds. The van der Waals surface area contributed by atoms with Gasteiger partial charge in [-0.3, -0.25) is 4.90 Å². The molecule has 2 heterocycles. The molecule has 1 aromatic carbocycles. The summed E-state index contributed by atoms with van der Waals surface area (Å²) >= 11 is 0. The lowest BCUT2D eigenvalue weighted by molar-refractivity contribution is 0.0799. The Kier molecular flexibility index (Phi) is 5.39. The maximum Gasteiger partial charge on any atom is 0.409 e. The summed E-state index contributed by atoms with van der Waals surface area (Å²) in [6.45, 7) is 7.87. The third kappa shape index (κ3) is 4.16. The van der Waals surface area contributed by atoms with Crippen molar-refractivity contribution in [2.45, 2.75) is 26.2 Å². The molecule has 0 atom stereocenters. The molecule has 2 aliphatic heterocycles. The predicted molar refractivity (Wildman–Crippen MR) is 92.0 cm³/mol. The van der Waals surface area contributed by atoms with E-state index in [0.29, 0.717) is 6.61 Å². The van der Waals surface area contributed by atoms with E-state index < -0.39 is 0 Å². The fourth-order valence-corrected chi connectivity index (χ4v) is 3.34. The number of rotatable bonds is 4. The summed E-state index contributed by atoms with van der Waals surface area (Å²) in [5.41, 5.74) is 4.18. The fraction of sp³-hybridized carbons (Fsp3) is 0.611. The van der Waals surface area contributed by atoms with Crippen molar-refractivity contribution < 1.29 is 9.53 Å². The van der Waals surface area contributed by atoms with Gasteiger partial charge in [0.05, 0.1) is 6.61 Å². The number of anilines is 1. The molecule has 3 rings (SSSR count). The van der Waals surface area contributed by atoms with E-state index in [0.717, 1.165) is 45.7 Å². The first-order valence-corrected chi connectivity index (χ1v) is 8.76. The van der Waals surface area contributed by atoms with Crippen LogP contribution in [0.15, 0.2) is 18.2 Å². The molecule has 126 valence electrons. The summed E-state index contributed by atoms with van der Waals surface area (Å²) in [6, 6.07) is 6.82. The largest absolute Gasteiger partial charge is 0.450 e. The van der Waals surface area contributed by atoms with Gasteiger partial charge in [0.1, 0.15) is 0 Å². The van der Waals surface area contributed by atoms with Gasteiger partial charge in [0, 0.05) is 45.0 Å². The zero-order valence-corrected chi connectivity index (χ0v) is 14.0. The monoisotopic (exact) mass is 317 g/mol. The van der Waals surface area contributed by atoms with Gasteiger partial charge in [-0.2, -0.15) is 0 Å². The van der Waals surface area contributed by atoms with Gasteiger partial charge in [0.15, 0.2) is 0 Å². The molecule has 0 aromatic heterocycles. The highest BCUT2D eigenvalue weighted by atomic mass is 16.6. The smallest absolute Gasteiger partial charge is 0.409 e. The van der Waals surface area contributed by atoms with Crippen molar-refractivity contribution in [3.8, 4) is 0 Å². The van der Waals surface area contributed by atoms with Crippen LogP contribution in [0.1, 0.15) is 24.5 Å². The molecule has 1 saturated heterocycles. The molecule has 23 heavy (non-hydrogen) atoms. The van der Waals surface area contributed by atoms with Gasteiger partial charge < -0.3 is 15.0 Å². The minimum atomic E-state index is -0.172. The van der Waals surface area contributed by atoms with E-state index in [2.05, 4.69) is 28.4 Å². The summed E-state index contributed by atoms with van der Waals surface area (Å²) in [7, 11) is 0. The van der Waals surface area contributed by atoms with Crippen molar-refractivity contribution >= 4 is 11.8 Å². The number of carbonyl (C=O) groups excluding carboxylic acids is 1. The van der Waals surface area contributed by atoms with Gasteiger partial charge in [-0.05, 0) is 43.4 Å². The molecule has 0 saturated carbocycles. The maximum atomic E-state index is 11.7. The van der Waals surface area contributed by atoms with Crippen molar-refractivity contribution in [2.75, 3.05) is 51.2 Å².